The summed E-state index contributed by atoms with van der Waals surface area (Å²) >= 11 is 19.5. The third-order valence-electron chi connectivity index (χ3n) is 3.69. The lowest BCUT2D eigenvalue weighted by Crippen LogP contribution is -2.19. The number of aliphatic imine (C=N–C) groups is 1. The van der Waals surface area contributed by atoms with E-state index in [1.54, 1.807) is 36.4 Å². The van der Waals surface area contributed by atoms with Crippen LogP contribution in [-0.4, -0.2) is 24.3 Å². The molecule has 0 spiro atoms. The summed E-state index contributed by atoms with van der Waals surface area (Å²) in [7, 11) is 0. The van der Waals surface area contributed by atoms with Gasteiger partial charge >= 0.3 is 0 Å². The summed E-state index contributed by atoms with van der Waals surface area (Å²) in [5, 5.41) is 13.0. The van der Waals surface area contributed by atoms with Gasteiger partial charge in [-0.3, -0.25) is 4.79 Å². The van der Waals surface area contributed by atoms with Gasteiger partial charge in [-0.05, 0) is 60.7 Å². The molecule has 1 amide bonds. The standard InChI is InChI=1S/C20H14Cl3N3O3S/c1-2-28-16-8-11(7-14(23)18(16)29-6-5-24)9-17-19(27)26-20(30-17)25-15-4-3-12(21)10-13(15)22/h3-4,7-10H,2,6H2,1H3,(H,25,26,27). The molecule has 0 unspecified atom stereocenters. The molecule has 154 valence electrons. The molecule has 1 fully saturated rings. The number of ether oxygens (including phenoxy) is 2. The second kappa shape index (κ2) is 10.1. The van der Waals surface area contributed by atoms with Gasteiger partial charge in [0.15, 0.2) is 23.3 Å². The smallest absolute Gasteiger partial charge is 0.264 e. The average molecular weight is 483 g/mol. The Kier molecular flexibility index (Phi) is 7.51. The number of amidine groups is 1. The molecule has 2 aromatic rings. The Balaban J connectivity index is 1.88. The van der Waals surface area contributed by atoms with E-state index in [1.165, 1.54) is 11.8 Å². The molecule has 1 heterocycles. The molecular formula is C20H14Cl3N3O3S. The SMILES string of the molecule is CCOc1cc(C=C2SC(=Nc3ccc(Cl)cc3Cl)NC2=O)cc(Cl)c1OCC#N. The number of halogens is 3. The molecule has 10 heteroatoms. The molecule has 1 aliphatic heterocycles. The van der Waals surface area contributed by atoms with E-state index in [9.17, 15) is 4.79 Å². The van der Waals surface area contributed by atoms with Gasteiger partial charge in [0, 0.05) is 5.02 Å². The highest BCUT2D eigenvalue weighted by Gasteiger charge is 2.24. The number of hydrogen-bond donors (Lipinski definition) is 1. The van der Waals surface area contributed by atoms with Crippen LogP contribution < -0.4 is 14.8 Å². The van der Waals surface area contributed by atoms with Crippen molar-refractivity contribution in [2.45, 2.75) is 6.92 Å². The fourth-order valence-corrected chi connectivity index (χ4v) is 4.05. The van der Waals surface area contributed by atoms with E-state index in [0.717, 1.165) is 0 Å². The van der Waals surface area contributed by atoms with E-state index in [-0.39, 0.29) is 23.3 Å². The van der Waals surface area contributed by atoms with Crippen LogP contribution in [-0.2, 0) is 4.79 Å². The highest BCUT2D eigenvalue weighted by atomic mass is 35.5. The van der Waals surface area contributed by atoms with E-state index in [4.69, 9.17) is 49.5 Å². The lowest BCUT2D eigenvalue weighted by Gasteiger charge is -2.12. The van der Waals surface area contributed by atoms with Crippen molar-refractivity contribution in [3.05, 3.63) is 55.9 Å². The number of rotatable bonds is 6. The van der Waals surface area contributed by atoms with Gasteiger partial charge in [-0.1, -0.05) is 34.8 Å². The van der Waals surface area contributed by atoms with Gasteiger partial charge in [0.1, 0.15) is 6.07 Å². The van der Waals surface area contributed by atoms with Crippen LogP contribution in [0.25, 0.3) is 6.08 Å². The number of carbonyl (C=O) groups excluding carboxylic acids is 1. The summed E-state index contributed by atoms with van der Waals surface area (Å²) in [5.74, 6) is 0.366. The van der Waals surface area contributed by atoms with E-state index >= 15 is 0 Å². The minimum absolute atomic E-state index is 0.161. The first-order chi connectivity index (χ1) is 14.4. The summed E-state index contributed by atoms with van der Waals surface area (Å²) in [4.78, 5) is 17.1. The Morgan fingerprint density at radius 1 is 1.20 bits per heavy atom. The third-order valence-corrected chi connectivity index (χ3v) is 5.42. The Hall–Kier alpha value is -2.37. The summed E-state index contributed by atoms with van der Waals surface area (Å²) < 4.78 is 10.9. The van der Waals surface area contributed by atoms with Crippen molar-refractivity contribution in [1.82, 2.24) is 5.32 Å². The van der Waals surface area contributed by atoms with Gasteiger partial charge in [-0.25, -0.2) is 4.99 Å². The quantitative estimate of drug-likeness (QED) is 0.523. The summed E-state index contributed by atoms with van der Waals surface area (Å²) in [6, 6.07) is 10.1. The number of nitriles is 1. The molecule has 1 saturated heterocycles. The molecule has 0 bridgehead atoms. The second-order valence-electron chi connectivity index (χ2n) is 5.79. The molecular weight excluding hydrogens is 469 g/mol. The topological polar surface area (TPSA) is 83.7 Å². The summed E-state index contributed by atoms with van der Waals surface area (Å²) in [6.45, 7) is 2.04. The number of benzene rings is 2. The zero-order valence-electron chi connectivity index (χ0n) is 15.5. The van der Waals surface area contributed by atoms with E-state index in [2.05, 4.69) is 10.3 Å². The minimum atomic E-state index is -0.303. The number of hydrogen-bond acceptors (Lipinski definition) is 6. The van der Waals surface area contributed by atoms with Gasteiger partial charge in [0.25, 0.3) is 5.91 Å². The first kappa shape index (κ1) is 22.3. The van der Waals surface area contributed by atoms with Gasteiger partial charge < -0.3 is 14.8 Å². The lowest BCUT2D eigenvalue weighted by molar-refractivity contribution is -0.115. The van der Waals surface area contributed by atoms with Crippen LogP contribution in [0, 0.1) is 11.3 Å². The van der Waals surface area contributed by atoms with Crippen molar-refractivity contribution in [3.8, 4) is 17.6 Å². The Labute approximate surface area is 192 Å². The van der Waals surface area contributed by atoms with Crippen molar-refractivity contribution in [3.63, 3.8) is 0 Å². The van der Waals surface area contributed by atoms with Gasteiger partial charge in [-0.15, -0.1) is 0 Å². The number of amides is 1. The van der Waals surface area contributed by atoms with Crippen molar-refractivity contribution in [2.24, 2.45) is 4.99 Å². The van der Waals surface area contributed by atoms with Gasteiger partial charge in [0.05, 0.1) is 27.2 Å². The normalized spacial score (nSPS) is 15.9. The fourth-order valence-electron chi connectivity index (χ4n) is 2.49. The number of nitrogens with zero attached hydrogens (tertiary/aromatic N) is 2. The molecule has 1 N–H and O–H groups in total. The molecule has 0 atom stereocenters. The second-order valence-corrected chi connectivity index (χ2v) is 8.07. The molecule has 3 rings (SSSR count). The largest absolute Gasteiger partial charge is 0.490 e. The van der Waals surface area contributed by atoms with Crippen molar-refractivity contribution >= 4 is 69.4 Å². The van der Waals surface area contributed by atoms with Crippen LogP contribution in [0.4, 0.5) is 5.69 Å². The zero-order valence-corrected chi connectivity index (χ0v) is 18.6. The van der Waals surface area contributed by atoms with Crippen LogP contribution >= 0.6 is 46.6 Å². The first-order valence-electron chi connectivity index (χ1n) is 8.62. The van der Waals surface area contributed by atoms with E-state index in [0.29, 0.717) is 43.7 Å². The fraction of sp³-hybridized carbons (Fsp3) is 0.150. The average Bonchev–Trinajstić information content (AvgIpc) is 3.02. The van der Waals surface area contributed by atoms with Gasteiger partial charge in [0.2, 0.25) is 0 Å². The van der Waals surface area contributed by atoms with Crippen LogP contribution in [0.5, 0.6) is 11.5 Å². The zero-order chi connectivity index (χ0) is 21.7. The molecule has 30 heavy (non-hydrogen) atoms. The molecule has 0 aliphatic carbocycles. The molecule has 0 radical (unpaired) electrons. The number of nitrogens with one attached hydrogen (secondary N) is 1. The highest BCUT2D eigenvalue weighted by molar-refractivity contribution is 8.18. The Morgan fingerprint density at radius 2 is 2.00 bits per heavy atom. The van der Waals surface area contributed by atoms with E-state index in [1.807, 2.05) is 13.0 Å². The third kappa shape index (κ3) is 5.41. The highest BCUT2D eigenvalue weighted by Crippen LogP contribution is 2.38. The lowest BCUT2D eigenvalue weighted by atomic mass is 10.2. The monoisotopic (exact) mass is 481 g/mol. The predicted octanol–water partition coefficient (Wildman–Crippen LogP) is 5.84. The van der Waals surface area contributed by atoms with Crippen LogP contribution in [0.15, 0.2) is 40.2 Å². The molecule has 6 nitrogen and oxygen atoms in total. The summed E-state index contributed by atoms with van der Waals surface area (Å²) in [5.41, 5.74) is 1.13. The molecule has 1 aliphatic rings. The minimum Gasteiger partial charge on any atom is -0.490 e. The predicted molar refractivity (Wildman–Crippen MR) is 121 cm³/mol. The van der Waals surface area contributed by atoms with Crippen LogP contribution in [0.1, 0.15) is 12.5 Å². The van der Waals surface area contributed by atoms with Crippen LogP contribution in [0.3, 0.4) is 0 Å². The molecule has 2 aromatic carbocycles. The first-order valence-corrected chi connectivity index (χ1v) is 10.6. The molecule has 0 saturated carbocycles. The maximum absolute atomic E-state index is 12.4. The van der Waals surface area contributed by atoms with Crippen molar-refractivity contribution in [2.75, 3.05) is 13.2 Å². The number of thioether (sulfide) groups is 1. The van der Waals surface area contributed by atoms with E-state index < -0.39 is 0 Å². The van der Waals surface area contributed by atoms with Crippen molar-refractivity contribution in [1.29, 1.82) is 5.26 Å². The maximum Gasteiger partial charge on any atom is 0.264 e. The van der Waals surface area contributed by atoms with Gasteiger partial charge in [-0.2, -0.15) is 5.26 Å². The maximum atomic E-state index is 12.4. The van der Waals surface area contributed by atoms with Crippen LogP contribution in [0.2, 0.25) is 15.1 Å². The van der Waals surface area contributed by atoms with Crippen molar-refractivity contribution < 1.29 is 14.3 Å². The Bertz CT molecular complexity index is 1100. The Morgan fingerprint density at radius 3 is 2.70 bits per heavy atom. The molecule has 0 aromatic heterocycles. The number of carbonyl (C=O) groups is 1. The summed E-state index contributed by atoms with van der Waals surface area (Å²) in [6.07, 6.45) is 1.66.